The highest BCUT2D eigenvalue weighted by Gasteiger charge is 2.48. The third-order valence-electron chi connectivity index (χ3n) is 4.75. The lowest BCUT2D eigenvalue weighted by molar-refractivity contribution is -0.129. The predicted molar refractivity (Wildman–Crippen MR) is 82.6 cm³/mol. The van der Waals surface area contributed by atoms with E-state index in [0.29, 0.717) is 19.5 Å². The summed E-state index contributed by atoms with van der Waals surface area (Å²) in [5.41, 5.74) is 2.28. The van der Waals surface area contributed by atoms with Gasteiger partial charge in [0.25, 0.3) is 0 Å². The van der Waals surface area contributed by atoms with Crippen molar-refractivity contribution in [1.29, 1.82) is 0 Å². The van der Waals surface area contributed by atoms with Crippen molar-refractivity contribution < 1.29 is 18.7 Å². The Morgan fingerprint density at radius 1 is 1.35 bits per heavy atom. The van der Waals surface area contributed by atoms with Gasteiger partial charge in [0.2, 0.25) is 5.91 Å². The zero-order chi connectivity index (χ0) is 16.4. The first kappa shape index (κ1) is 15.8. The van der Waals surface area contributed by atoms with E-state index in [-0.39, 0.29) is 24.6 Å². The van der Waals surface area contributed by atoms with Gasteiger partial charge in [-0.05, 0) is 24.5 Å². The highest BCUT2D eigenvalue weighted by atomic mass is 19.1. The van der Waals surface area contributed by atoms with Crippen LogP contribution in [0.4, 0.5) is 9.18 Å². The number of rotatable bonds is 4. The Hall–Kier alpha value is -2.11. The molecule has 1 aromatic carbocycles. The first-order valence-corrected chi connectivity index (χ1v) is 7.95. The van der Waals surface area contributed by atoms with Crippen LogP contribution in [0.15, 0.2) is 24.3 Å². The van der Waals surface area contributed by atoms with Crippen molar-refractivity contribution in [3.8, 4) is 0 Å². The number of ether oxygens (including phenoxy) is 1. The zero-order valence-electron chi connectivity index (χ0n) is 13.2. The number of carbonyl (C=O) groups is 2. The number of aryl methyl sites for hydroxylation is 1. The number of hydrogen-bond acceptors (Lipinski definition) is 3. The van der Waals surface area contributed by atoms with Gasteiger partial charge in [0.05, 0.1) is 12.1 Å². The molecule has 0 spiro atoms. The number of halogens is 1. The predicted octanol–water partition coefficient (Wildman–Crippen LogP) is 2.28. The summed E-state index contributed by atoms with van der Waals surface area (Å²) in [4.78, 5) is 27.8. The van der Waals surface area contributed by atoms with Gasteiger partial charge >= 0.3 is 6.09 Å². The van der Waals surface area contributed by atoms with Gasteiger partial charge in [-0.1, -0.05) is 24.3 Å². The largest absolute Gasteiger partial charge is 0.447 e. The van der Waals surface area contributed by atoms with Crippen LogP contribution in [0.25, 0.3) is 0 Å². The molecule has 23 heavy (non-hydrogen) atoms. The molecule has 2 fully saturated rings. The van der Waals surface area contributed by atoms with Crippen LogP contribution in [0.5, 0.6) is 0 Å². The maximum Gasteiger partial charge on any atom is 0.410 e. The van der Waals surface area contributed by atoms with Gasteiger partial charge in [0.1, 0.15) is 13.3 Å². The van der Waals surface area contributed by atoms with E-state index in [1.807, 2.05) is 36.1 Å². The van der Waals surface area contributed by atoms with Gasteiger partial charge in [0.15, 0.2) is 0 Å². The standard InChI is InChI=1S/C17H21FN2O3/c1-12-4-2-3-5-13(12)11-20-14-6-8-19(15(14)10-16(20)21)17(22)23-9-7-18/h2-5,14-15H,6-11H2,1H3/t14-,15-/m0/s1. The van der Waals surface area contributed by atoms with E-state index < -0.39 is 12.8 Å². The summed E-state index contributed by atoms with van der Waals surface area (Å²) >= 11 is 0. The molecule has 2 aliphatic heterocycles. The minimum Gasteiger partial charge on any atom is -0.447 e. The molecular formula is C17H21FN2O3. The average molecular weight is 320 g/mol. The third-order valence-corrected chi connectivity index (χ3v) is 4.75. The van der Waals surface area contributed by atoms with Crippen LogP contribution in [-0.4, -0.2) is 53.7 Å². The second-order valence-electron chi connectivity index (χ2n) is 6.07. The van der Waals surface area contributed by atoms with E-state index in [9.17, 15) is 14.0 Å². The number of carbonyl (C=O) groups excluding carboxylic acids is 2. The molecule has 5 nitrogen and oxygen atoms in total. The summed E-state index contributed by atoms with van der Waals surface area (Å²) in [7, 11) is 0. The quantitative estimate of drug-likeness (QED) is 0.855. The zero-order valence-corrected chi connectivity index (χ0v) is 13.2. The topological polar surface area (TPSA) is 49.9 Å². The van der Waals surface area contributed by atoms with E-state index in [4.69, 9.17) is 4.74 Å². The van der Waals surface area contributed by atoms with Crippen molar-refractivity contribution in [3.05, 3.63) is 35.4 Å². The van der Waals surface area contributed by atoms with Gasteiger partial charge in [-0.15, -0.1) is 0 Å². The number of likely N-dealkylation sites (tertiary alicyclic amines) is 2. The van der Waals surface area contributed by atoms with E-state index in [2.05, 4.69) is 0 Å². The van der Waals surface area contributed by atoms with Gasteiger partial charge in [-0.2, -0.15) is 0 Å². The van der Waals surface area contributed by atoms with Crippen molar-refractivity contribution in [2.45, 2.75) is 38.4 Å². The van der Waals surface area contributed by atoms with Crippen LogP contribution in [0.2, 0.25) is 0 Å². The number of amides is 2. The van der Waals surface area contributed by atoms with Crippen molar-refractivity contribution in [2.24, 2.45) is 0 Å². The van der Waals surface area contributed by atoms with E-state index in [1.54, 1.807) is 4.90 Å². The number of nitrogens with zero attached hydrogens (tertiary/aromatic N) is 2. The summed E-state index contributed by atoms with van der Waals surface area (Å²) in [6, 6.07) is 7.88. The second kappa shape index (κ2) is 6.56. The van der Waals surface area contributed by atoms with Crippen LogP contribution in [-0.2, 0) is 16.1 Å². The second-order valence-corrected chi connectivity index (χ2v) is 6.07. The molecule has 2 aliphatic rings. The van der Waals surface area contributed by atoms with E-state index in [1.165, 1.54) is 0 Å². The van der Waals surface area contributed by atoms with Crippen LogP contribution >= 0.6 is 0 Å². The minimum absolute atomic E-state index is 0.0278. The number of fused-ring (bicyclic) bond motifs is 1. The molecule has 2 saturated heterocycles. The third kappa shape index (κ3) is 3.02. The Bertz CT molecular complexity index is 607. The van der Waals surface area contributed by atoms with Crippen molar-refractivity contribution >= 4 is 12.0 Å². The molecule has 0 aliphatic carbocycles. The fraction of sp³-hybridized carbons (Fsp3) is 0.529. The summed E-state index contributed by atoms with van der Waals surface area (Å²) in [6.45, 7) is 2.24. The highest BCUT2D eigenvalue weighted by Crippen LogP contribution is 2.34. The fourth-order valence-corrected chi connectivity index (χ4v) is 3.54. The van der Waals surface area contributed by atoms with Crippen LogP contribution in [0.3, 0.4) is 0 Å². The normalized spacial score (nSPS) is 23.3. The van der Waals surface area contributed by atoms with E-state index >= 15 is 0 Å². The number of benzene rings is 1. The summed E-state index contributed by atoms with van der Waals surface area (Å²) in [6.07, 6.45) is 0.551. The van der Waals surface area contributed by atoms with Crippen molar-refractivity contribution in [1.82, 2.24) is 9.80 Å². The van der Waals surface area contributed by atoms with Crippen LogP contribution < -0.4 is 0 Å². The van der Waals surface area contributed by atoms with E-state index in [0.717, 1.165) is 17.5 Å². The lowest BCUT2D eigenvalue weighted by Gasteiger charge is -2.25. The molecule has 6 heteroatoms. The average Bonchev–Trinajstić information content (AvgIpc) is 3.07. The molecule has 124 valence electrons. The summed E-state index contributed by atoms with van der Waals surface area (Å²) in [5, 5.41) is 0. The lowest BCUT2D eigenvalue weighted by atomic mass is 10.1. The summed E-state index contributed by atoms with van der Waals surface area (Å²) in [5.74, 6) is 0.0613. The molecule has 1 aromatic rings. The number of hydrogen-bond donors (Lipinski definition) is 0. The Balaban J connectivity index is 1.70. The smallest absolute Gasteiger partial charge is 0.410 e. The Morgan fingerprint density at radius 2 is 2.13 bits per heavy atom. The molecule has 2 amide bonds. The minimum atomic E-state index is -0.688. The molecule has 0 radical (unpaired) electrons. The summed E-state index contributed by atoms with van der Waals surface area (Å²) < 4.78 is 17.0. The first-order chi connectivity index (χ1) is 11.1. The molecule has 2 heterocycles. The Labute approximate surface area is 135 Å². The van der Waals surface area contributed by atoms with Gasteiger partial charge in [-0.3, -0.25) is 4.79 Å². The first-order valence-electron chi connectivity index (χ1n) is 7.95. The van der Waals surface area contributed by atoms with Gasteiger partial charge in [-0.25, -0.2) is 9.18 Å². The molecular weight excluding hydrogens is 299 g/mol. The maximum atomic E-state index is 12.4. The van der Waals surface area contributed by atoms with Crippen LogP contribution in [0.1, 0.15) is 24.0 Å². The molecule has 0 aromatic heterocycles. The Kier molecular flexibility index (Phi) is 4.50. The number of alkyl halides is 1. The van der Waals surface area contributed by atoms with Crippen molar-refractivity contribution in [2.75, 3.05) is 19.8 Å². The molecule has 0 unspecified atom stereocenters. The molecule has 3 rings (SSSR count). The maximum absolute atomic E-state index is 12.4. The molecule has 0 N–H and O–H groups in total. The monoisotopic (exact) mass is 320 g/mol. The van der Waals surface area contributed by atoms with Crippen molar-refractivity contribution in [3.63, 3.8) is 0 Å². The molecule has 2 atom stereocenters. The van der Waals surface area contributed by atoms with Gasteiger partial charge < -0.3 is 14.5 Å². The highest BCUT2D eigenvalue weighted by molar-refractivity contribution is 5.82. The SMILES string of the molecule is Cc1ccccc1CN1C(=O)C[C@H]2[C@@H]1CCN2C(=O)OCCF. The Morgan fingerprint density at radius 3 is 2.87 bits per heavy atom. The fourth-order valence-electron chi connectivity index (χ4n) is 3.54. The van der Waals surface area contributed by atoms with Gasteiger partial charge in [0, 0.05) is 19.5 Å². The molecule has 0 saturated carbocycles. The molecule has 0 bridgehead atoms. The van der Waals surface area contributed by atoms with Crippen LogP contribution in [0, 0.1) is 6.92 Å². The lowest BCUT2D eigenvalue weighted by Crippen LogP contribution is -2.40.